The molecule has 0 aliphatic heterocycles. The minimum atomic E-state index is -0.0472. The van der Waals surface area contributed by atoms with Crippen LogP contribution in [0.25, 0.3) is 0 Å². The number of anilines is 1. The number of carbonyl (C=O) groups is 1. The topological polar surface area (TPSA) is 45.2 Å². The smallest absolute Gasteiger partial charge is 0.253 e. The third-order valence-corrected chi connectivity index (χ3v) is 3.02. The second-order valence-corrected chi connectivity index (χ2v) is 5.65. The average Bonchev–Trinajstić information content (AvgIpc) is 2.36. The zero-order valence-electron chi connectivity index (χ0n) is 12.6. The molecule has 4 heteroatoms. The van der Waals surface area contributed by atoms with Gasteiger partial charge < -0.3 is 10.2 Å². The van der Waals surface area contributed by atoms with Crippen LogP contribution in [0.4, 0.5) is 5.82 Å². The number of hydrogen-bond donors (Lipinski definition) is 1. The van der Waals surface area contributed by atoms with Crippen molar-refractivity contribution in [3.63, 3.8) is 0 Å². The van der Waals surface area contributed by atoms with Crippen LogP contribution in [0.5, 0.6) is 0 Å². The van der Waals surface area contributed by atoms with Gasteiger partial charge in [-0.3, -0.25) is 4.79 Å². The van der Waals surface area contributed by atoms with Crippen LogP contribution in [0.3, 0.4) is 0 Å². The summed E-state index contributed by atoms with van der Waals surface area (Å²) in [6.45, 7) is 6.43. The molecule has 106 valence electrons. The first-order valence-electron chi connectivity index (χ1n) is 6.84. The normalized spacial score (nSPS) is 12.3. The lowest BCUT2D eigenvalue weighted by atomic mass is 10.0. The number of aromatic nitrogens is 1. The van der Waals surface area contributed by atoms with E-state index < -0.39 is 0 Å². The van der Waals surface area contributed by atoms with E-state index in [0.717, 1.165) is 18.7 Å². The third-order valence-electron chi connectivity index (χ3n) is 3.02. The molecule has 0 aliphatic carbocycles. The van der Waals surface area contributed by atoms with Crippen molar-refractivity contribution in [2.75, 3.05) is 19.0 Å². The fourth-order valence-electron chi connectivity index (χ4n) is 1.75. The Labute approximate surface area is 116 Å². The number of amides is 1. The number of pyridine rings is 1. The monoisotopic (exact) mass is 263 g/mol. The molecular formula is C15H25N3O. The molecule has 1 rings (SSSR count). The van der Waals surface area contributed by atoms with Gasteiger partial charge in [0.15, 0.2) is 0 Å². The molecule has 1 aromatic rings. The van der Waals surface area contributed by atoms with E-state index in [1.54, 1.807) is 6.20 Å². The van der Waals surface area contributed by atoms with Gasteiger partial charge >= 0.3 is 0 Å². The molecule has 4 nitrogen and oxygen atoms in total. The molecule has 0 radical (unpaired) electrons. The first-order chi connectivity index (χ1) is 8.90. The van der Waals surface area contributed by atoms with Gasteiger partial charge in [0.1, 0.15) is 5.82 Å². The zero-order chi connectivity index (χ0) is 14.4. The van der Waals surface area contributed by atoms with Crippen LogP contribution >= 0.6 is 0 Å². The highest BCUT2D eigenvalue weighted by Gasteiger charge is 2.11. The first kappa shape index (κ1) is 15.5. The predicted molar refractivity (Wildman–Crippen MR) is 79.6 cm³/mol. The lowest BCUT2D eigenvalue weighted by Crippen LogP contribution is -2.32. The second kappa shape index (κ2) is 7.12. The Morgan fingerprint density at radius 3 is 2.42 bits per heavy atom. The SMILES string of the molecule is CC(C)CCC(C)NC(=O)c1ccc(N(C)C)nc1. The minimum absolute atomic E-state index is 0.0472. The minimum Gasteiger partial charge on any atom is -0.363 e. The highest BCUT2D eigenvalue weighted by molar-refractivity contribution is 5.94. The molecule has 1 aromatic heterocycles. The average molecular weight is 263 g/mol. The summed E-state index contributed by atoms with van der Waals surface area (Å²) in [4.78, 5) is 18.2. The van der Waals surface area contributed by atoms with Crippen LogP contribution in [0.15, 0.2) is 18.3 Å². The van der Waals surface area contributed by atoms with Gasteiger partial charge in [0.25, 0.3) is 5.91 Å². The summed E-state index contributed by atoms with van der Waals surface area (Å²) in [7, 11) is 3.85. The summed E-state index contributed by atoms with van der Waals surface area (Å²) in [5.74, 6) is 1.47. The Hall–Kier alpha value is -1.58. The van der Waals surface area contributed by atoms with Gasteiger partial charge in [-0.1, -0.05) is 13.8 Å². The van der Waals surface area contributed by atoms with Gasteiger partial charge in [-0.2, -0.15) is 0 Å². The summed E-state index contributed by atoms with van der Waals surface area (Å²) in [6, 6.07) is 3.86. The molecule has 0 bridgehead atoms. The molecule has 1 atom stereocenters. The summed E-state index contributed by atoms with van der Waals surface area (Å²) in [5, 5.41) is 3.01. The van der Waals surface area contributed by atoms with Crippen molar-refractivity contribution in [3.05, 3.63) is 23.9 Å². The molecular weight excluding hydrogens is 238 g/mol. The Morgan fingerprint density at radius 2 is 1.95 bits per heavy atom. The maximum Gasteiger partial charge on any atom is 0.253 e. The summed E-state index contributed by atoms with van der Waals surface area (Å²) in [5.41, 5.74) is 0.613. The van der Waals surface area contributed by atoms with Crippen LogP contribution in [0.2, 0.25) is 0 Å². The van der Waals surface area contributed by atoms with Crippen LogP contribution in [-0.4, -0.2) is 31.0 Å². The van der Waals surface area contributed by atoms with Gasteiger partial charge in [0.2, 0.25) is 0 Å². The highest BCUT2D eigenvalue weighted by Crippen LogP contribution is 2.09. The predicted octanol–water partition coefficient (Wildman–Crippen LogP) is 2.70. The van der Waals surface area contributed by atoms with Crippen molar-refractivity contribution in [1.82, 2.24) is 10.3 Å². The molecule has 0 aromatic carbocycles. The number of carbonyl (C=O) groups excluding carboxylic acids is 1. The van der Waals surface area contributed by atoms with Crippen LogP contribution in [-0.2, 0) is 0 Å². The molecule has 0 aliphatic rings. The molecule has 0 fully saturated rings. The van der Waals surface area contributed by atoms with Crippen LogP contribution < -0.4 is 10.2 Å². The van der Waals surface area contributed by atoms with E-state index in [1.165, 1.54) is 0 Å². The molecule has 0 spiro atoms. The van der Waals surface area contributed by atoms with Gasteiger partial charge in [0, 0.05) is 26.3 Å². The van der Waals surface area contributed by atoms with Crippen LogP contribution in [0.1, 0.15) is 44.0 Å². The largest absolute Gasteiger partial charge is 0.363 e. The van der Waals surface area contributed by atoms with Gasteiger partial charge in [-0.05, 0) is 37.8 Å². The van der Waals surface area contributed by atoms with Crippen molar-refractivity contribution in [1.29, 1.82) is 0 Å². The molecule has 1 unspecified atom stereocenters. The first-order valence-corrected chi connectivity index (χ1v) is 6.84. The Bertz CT molecular complexity index is 398. The van der Waals surface area contributed by atoms with Crippen LogP contribution in [0, 0.1) is 5.92 Å². The molecule has 1 N–H and O–H groups in total. The third kappa shape index (κ3) is 5.28. The van der Waals surface area contributed by atoms with Crippen molar-refractivity contribution < 1.29 is 4.79 Å². The van der Waals surface area contributed by atoms with Gasteiger partial charge in [-0.15, -0.1) is 0 Å². The van der Waals surface area contributed by atoms with Crippen molar-refractivity contribution in [3.8, 4) is 0 Å². The second-order valence-electron chi connectivity index (χ2n) is 5.65. The lowest BCUT2D eigenvalue weighted by molar-refractivity contribution is 0.0937. The van der Waals surface area contributed by atoms with Crippen molar-refractivity contribution in [2.24, 2.45) is 5.92 Å². The van der Waals surface area contributed by atoms with Gasteiger partial charge in [-0.25, -0.2) is 4.98 Å². The fourth-order valence-corrected chi connectivity index (χ4v) is 1.75. The Morgan fingerprint density at radius 1 is 1.26 bits per heavy atom. The molecule has 0 saturated carbocycles. The van der Waals surface area contributed by atoms with E-state index in [2.05, 4.69) is 24.1 Å². The van der Waals surface area contributed by atoms with E-state index in [1.807, 2.05) is 38.1 Å². The lowest BCUT2D eigenvalue weighted by Gasteiger charge is -2.15. The quantitative estimate of drug-likeness (QED) is 0.858. The molecule has 1 amide bonds. The highest BCUT2D eigenvalue weighted by atomic mass is 16.1. The fraction of sp³-hybridized carbons (Fsp3) is 0.600. The zero-order valence-corrected chi connectivity index (χ0v) is 12.6. The Balaban J connectivity index is 2.53. The van der Waals surface area contributed by atoms with E-state index in [-0.39, 0.29) is 11.9 Å². The standard InChI is InChI=1S/C15H25N3O/c1-11(2)6-7-12(3)17-15(19)13-8-9-14(16-10-13)18(4)5/h8-12H,6-7H2,1-5H3,(H,17,19). The number of nitrogens with zero attached hydrogens (tertiary/aromatic N) is 2. The van der Waals surface area contributed by atoms with Gasteiger partial charge in [0.05, 0.1) is 5.56 Å². The molecule has 19 heavy (non-hydrogen) atoms. The number of rotatable bonds is 6. The molecule has 0 saturated heterocycles. The number of nitrogens with one attached hydrogen (secondary N) is 1. The van der Waals surface area contributed by atoms with Crippen molar-refractivity contribution >= 4 is 11.7 Å². The van der Waals surface area contributed by atoms with E-state index in [0.29, 0.717) is 11.5 Å². The van der Waals surface area contributed by atoms with E-state index in [9.17, 15) is 4.79 Å². The van der Waals surface area contributed by atoms with E-state index in [4.69, 9.17) is 0 Å². The summed E-state index contributed by atoms with van der Waals surface area (Å²) >= 11 is 0. The maximum absolute atomic E-state index is 12.0. The number of hydrogen-bond acceptors (Lipinski definition) is 3. The summed E-state index contributed by atoms with van der Waals surface area (Å²) < 4.78 is 0. The summed E-state index contributed by atoms with van der Waals surface area (Å²) in [6.07, 6.45) is 3.76. The Kier molecular flexibility index (Phi) is 5.80. The maximum atomic E-state index is 12.0. The van der Waals surface area contributed by atoms with Crippen molar-refractivity contribution in [2.45, 2.75) is 39.7 Å². The molecule has 1 heterocycles. The van der Waals surface area contributed by atoms with E-state index >= 15 is 0 Å².